The number of anilines is 1. The number of halogens is 2. The van der Waals surface area contributed by atoms with Gasteiger partial charge in [0.15, 0.2) is 11.3 Å². The van der Waals surface area contributed by atoms with E-state index in [0.717, 1.165) is 50.5 Å². The van der Waals surface area contributed by atoms with Gasteiger partial charge in [0.25, 0.3) is 5.91 Å². The highest BCUT2D eigenvalue weighted by atomic mass is 35.5. The fraction of sp³-hybridized carbons (Fsp3) is 0.500. The minimum absolute atomic E-state index is 0.0719. The Bertz CT molecular complexity index is 1360. The monoisotopic (exact) mass is 559 g/mol. The summed E-state index contributed by atoms with van der Waals surface area (Å²) in [7, 11) is 0. The number of fused-ring (bicyclic) bond motifs is 1. The zero-order chi connectivity index (χ0) is 27.0. The third-order valence-corrected chi connectivity index (χ3v) is 8.27. The zero-order valence-corrected chi connectivity index (χ0v) is 22.7. The summed E-state index contributed by atoms with van der Waals surface area (Å²) >= 11 is 12.5. The average Bonchev–Trinajstić information content (AvgIpc) is 3.22. The topological polar surface area (TPSA) is 130 Å². The third kappa shape index (κ3) is 5.43. The van der Waals surface area contributed by atoms with Crippen molar-refractivity contribution in [3.05, 3.63) is 45.7 Å². The Balaban J connectivity index is 1.32. The standard InChI is InChI=1S/C26H31Cl2N7O3/c1-15(19-7-6-18(27)10-20(19)28)35-26-24(23(32-35)25(29)38)30-11-21(31-26)34-13-17(14-34)16-4-2-8-33(12-16)9-3-5-22(36)37/h6-7,10-11,15-17H,2-5,8-9,12-14H2,1H3,(H2,29,38)(H,36,37)/t15?,16-/m1/s1. The Labute approximate surface area is 230 Å². The Kier molecular flexibility index (Phi) is 7.74. The largest absolute Gasteiger partial charge is 0.481 e. The molecule has 2 saturated heterocycles. The molecule has 202 valence electrons. The van der Waals surface area contributed by atoms with Crippen LogP contribution in [0.25, 0.3) is 11.2 Å². The molecule has 0 saturated carbocycles. The molecule has 38 heavy (non-hydrogen) atoms. The molecule has 2 aromatic heterocycles. The van der Waals surface area contributed by atoms with Gasteiger partial charge in [0.05, 0.1) is 12.2 Å². The number of aliphatic carboxylic acids is 1. The molecule has 4 heterocycles. The van der Waals surface area contributed by atoms with Crippen LogP contribution in [0, 0.1) is 11.8 Å². The number of rotatable bonds is 9. The van der Waals surface area contributed by atoms with E-state index >= 15 is 0 Å². The fourth-order valence-electron chi connectivity index (χ4n) is 5.59. The highest BCUT2D eigenvalue weighted by molar-refractivity contribution is 6.35. The molecular weight excluding hydrogens is 529 g/mol. The van der Waals surface area contributed by atoms with Crippen LogP contribution < -0.4 is 10.6 Å². The number of hydrogen-bond donors (Lipinski definition) is 2. The number of amides is 1. The fourth-order valence-corrected chi connectivity index (χ4v) is 6.16. The molecule has 0 radical (unpaired) electrons. The smallest absolute Gasteiger partial charge is 0.303 e. The second-order valence-corrected chi connectivity index (χ2v) is 11.1. The Morgan fingerprint density at radius 1 is 1.21 bits per heavy atom. The van der Waals surface area contributed by atoms with Crippen molar-refractivity contribution in [3.63, 3.8) is 0 Å². The summed E-state index contributed by atoms with van der Waals surface area (Å²) in [5, 5.41) is 14.4. The summed E-state index contributed by atoms with van der Waals surface area (Å²) in [4.78, 5) is 37.0. The average molecular weight is 560 g/mol. The number of primary amides is 1. The molecule has 1 unspecified atom stereocenters. The van der Waals surface area contributed by atoms with Crippen LogP contribution in [0.4, 0.5) is 5.82 Å². The Morgan fingerprint density at radius 3 is 2.71 bits per heavy atom. The number of carboxylic acids is 1. The molecule has 10 nitrogen and oxygen atoms in total. The van der Waals surface area contributed by atoms with E-state index in [2.05, 4.69) is 19.9 Å². The SMILES string of the molecule is CC(c1ccc(Cl)cc1Cl)n1nc(C(N)=O)c2ncc(N3CC([C@@H]4CCCN(CCCC(=O)O)C4)C3)nc21. The van der Waals surface area contributed by atoms with Crippen molar-refractivity contribution in [1.82, 2.24) is 24.6 Å². The Hall–Kier alpha value is -2.95. The van der Waals surface area contributed by atoms with Gasteiger partial charge in [0.2, 0.25) is 0 Å². The number of piperidine rings is 1. The maximum absolute atomic E-state index is 12.1. The lowest BCUT2D eigenvalue weighted by atomic mass is 9.80. The minimum atomic E-state index is -0.735. The van der Waals surface area contributed by atoms with Crippen molar-refractivity contribution < 1.29 is 14.7 Å². The first-order valence-corrected chi connectivity index (χ1v) is 13.7. The summed E-state index contributed by atoms with van der Waals surface area (Å²) in [6, 6.07) is 4.93. The van der Waals surface area contributed by atoms with Gasteiger partial charge in [0.1, 0.15) is 11.3 Å². The lowest BCUT2D eigenvalue weighted by Crippen LogP contribution is -2.54. The van der Waals surface area contributed by atoms with Crippen LogP contribution in [0.3, 0.4) is 0 Å². The molecule has 12 heteroatoms. The van der Waals surface area contributed by atoms with Crippen LogP contribution in [-0.4, -0.2) is 74.4 Å². The number of nitrogens with two attached hydrogens (primary N) is 1. The van der Waals surface area contributed by atoms with E-state index in [1.54, 1.807) is 23.0 Å². The number of likely N-dealkylation sites (tertiary alicyclic amines) is 1. The van der Waals surface area contributed by atoms with Gasteiger partial charge < -0.3 is 20.6 Å². The number of nitrogens with zero attached hydrogens (tertiary/aromatic N) is 6. The lowest BCUT2D eigenvalue weighted by molar-refractivity contribution is -0.137. The van der Waals surface area contributed by atoms with Crippen LogP contribution in [0.1, 0.15) is 54.7 Å². The molecule has 2 atom stereocenters. The molecule has 3 N–H and O–H groups in total. The molecule has 2 fully saturated rings. The highest BCUT2D eigenvalue weighted by Gasteiger charge is 2.37. The first-order chi connectivity index (χ1) is 18.2. The van der Waals surface area contributed by atoms with Gasteiger partial charge in [-0.05, 0) is 68.8 Å². The van der Waals surface area contributed by atoms with E-state index in [0.29, 0.717) is 39.5 Å². The van der Waals surface area contributed by atoms with Gasteiger partial charge in [-0.3, -0.25) is 9.59 Å². The molecule has 1 amide bonds. The molecule has 5 rings (SSSR count). The maximum Gasteiger partial charge on any atom is 0.303 e. The maximum atomic E-state index is 12.1. The van der Waals surface area contributed by atoms with E-state index in [4.69, 9.17) is 39.0 Å². The van der Waals surface area contributed by atoms with E-state index in [1.165, 1.54) is 6.42 Å². The van der Waals surface area contributed by atoms with Gasteiger partial charge >= 0.3 is 5.97 Å². The molecule has 0 aliphatic carbocycles. The van der Waals surface area contributed by atoms with Crippen LogP contribution in [-0.2, 0) is 4.79 Å². The van der Waals surface area contributed by atoms with Crippen molar-refractivity contribution in [2.75, 3.05) is 37.6 Å². The molecule has 0 spiro atoms. The number of aromatic nitrogens is 4. The Morgan fingerprint density at radius 2 is 2.00 bits per heavy atom. The number of carbonyl (C=O) groups excluding carboxylic acids is 1. The lowest BCUT2D eigenvalue weighted by Gasteiger charge is -2.47. The number of benzene rings is 1. The highest BCUT2D eigenvalue weighted by Crippen LogP contribution is 2.35. The first-order valence-electron chi connectivity index (χ1n) is 12.9. The van der Waals surface area contributed by atoms with Gasteiger partial charge in [0, 0.05) is 36.1 Å². The van der Waals surface area contributed by atoms with Gasteiger partial charge in [-0.1, -0.05) is 29.3 Å². The molecular formula is C26H31Cl2N7O3. The number of hydrogen-bond acceptors (Lipinski definition) is 7. The summed E-state index contributed by atoms with van der Waals surface area (Å²) in [5.41, 5.74) is 7.30. The van der Waals surface area contributed by atoms with E-state index < -0.39 is 11.9 Å². The van der Waals surface area contributed by atoms with Crippen LogP contribution in [0.2, 0.25) is 10.0 Å². The summed E-state index contributed by atoms with van der Waals surface area (Å²) in [6.45, 7) is 6.56. The van der Waals surface area contributed by atoms with E-state index in [9.17, 15) is 9.59 Å². The molecule has 2 aliphatic rings. The third-order valence-electron chi connectivity index (χ3n) is 7.71. The second-order valence-electron chi connectivity index (χ2n) is 10.3. The van der Waals surface area contributed by atoms with Gasteiger partial charge in [-0.2, -0.15) is 5.10 Å². The van der Waals surface area contributed by atoms with Crippen molar-refractivity contribution in [1.29, 1.82) is 0 Å². The van der Waals surface area contributed by atoms with Crippen LogP contribution >= 0.6 is 23.2 Å². The van der Waals surface area contributed by atoms with Crippen molar-refractivity contribution in [2.24, 2.45) is 17.6 Å². The summed E-state index contributed by atoms with van der Waals surface area (Å²) in [6.07, 6.45) is 4.91. The number of carboxylic acid groups (broad SMARTS) is 1. The number of carbonyl (C=O) groups is 2. The predicted octanol–water partition coefficient (Wildman–Crippen LogP) is 3.85. The summed E-state index contributed by atoms with van der Waals surface area (Å²) in [5.74, 6) is 0.461. The molecule has 3 aromatic rings. The molecule has 0 bridgehead atoms. The minimum Gasteiger partial charge on any atom is -0.481 e. The predicted molar refractivity (Wildman–Crippen MR) is 146 cm³/mol. The van der Waals surface area contributed by atoms with Crippen molar-refractivity contribution >= 4 is 52.1 Å². The quantitative estimate of drug-likeness (QED) is 0.404. The van der Waals surface area contributed by atoms with E-state index in [1.807, 2.05) is 13.0 Å². The van der Waals surface area contributed by atoms with Crippen molar-refractivity contribution in [3.8, 4) is 0 Å². The normalized spacial score (nSPS) is 19.4. The first kappa shape index (κ1) is 26.6. The van der Waals surface area contributed by atoms with E-state index in [-0.39, 0.29) is 18.2 Å². The van der Waals surface area contributed by atoms with Crippen LogP contribution in [0.15, 0.2) is 24.4 Å². The molecule has 1 aromatic carbocycles. The van der Waals surface area contributed by atoms with Gasteiger partial charge in [-0.15, -0.1) is 0 Å². The molecule has 2 aliphatic heterocycles. The van der Waals surface area contributed by atoms with Crippen molar-refractivity contribution in [2.45, 2.75) is 38.6 Å². The van der Waals surface area contributed by atoms with Crippen LogP contribution in [0.5, 0.6) is 0 Å². The zero-order valence-electron chi connectivity index (χ0n) is 21.2. The second kappa shape index (κ2) is 11.0. The summed E-state index contributed by atoms with van der Waals surface area (Å²) < 4.78 is 1.65. The van der Waals surface area contributed by atoms with Gasteiger partial charge in [-0.25, -0.2) is 14.6 Å².